The van der Waals surface area contributed by atoms with Gasteiger partial charge < -0.3 is 0 Å². The summed E-state index contributed by atoms with van der Waals surface area (Å²) >= 11 is 0. The van der Waals surface area contributed by atoms with Gasteiger partial charge in [0.25, 0.3) is 0 Å². The molecule has 140 valence electrons. The Morgan fingerprint density at radius 2 is 1.61 bits per heavy atom. The first-order chi connectivity index (χ1) is 13.5. The number of ketones is 1. The highest BCUT2D eigenvalue weighted by Crippen LogP contribution is 2.26. The zero-order valence-corrected chi connectivity index (χ0v) is 16.1. The molecule has 2 heterocycles. The number of carbonyl (C=O) groups excluding carboxylic acids is 2. The number of rotatable bonds is 4. The van der Waals surface area contributed by atoms with Crippen LogP contribution in [0.3, 0.4) is 0 Å². The molecule has 0 amide bonds. The Kier molecular flexibility index (Phi) is 4.43. The van der Waals surface area contributed by atoms with Gasteiger partial charge in [0.1, 0.15) is 5.65 Å². The molecule has 0 unspecified atom stereocenters. The van der Waals surface area contributed by atoms with Crippen molar-refractivity contribution >= 4 is 22.7 Å². The lowest BCUT2D eigenvalue weighted by molar-refractivity contribution is 0.0917. The molecule has 0 saturated carbocycles. The second-order valence-corrected chi connectivity index (χ2v) is 6.79. The van der Waals surface area contributed by atoms with E-state index in [9.17, 15) is 9.59 Å². The van der Waals surface area contributed by atoms with Gasteiger partial charge in [0.15, 0.2) is 0 Å². The van der Waals surface area contributed by atoms with Crippen LogP contribution >= 0.6 is 0 Å². The molecule has 0 aliphatic rings. The van der Waals surface area contributed by atoms with Crippen LogP contribution in [0.25, 0.3) is 22.2 Å². The molecule has 2 aromatic carbocycles. The molecule has 0 atom stereocenters. The molecule has 5 nitrogen and oxygen atoms in total. The quantitative estimate of drug-likeness (QED) is 0.488. The minimum atomic E-state index is -0.200. The van der Waals surface area contributed by atoms with E-state index < -0.39 is 0 Å². The molecule has 0 spiro atoms. The van der Waals surface area contributed by atoms with E-state index in [1.807, 2.05) is 68.4 Å². The Labute approximate surface area is 163 Å². The molecule has 0 N–H and O–H groups in total. The van der Waals surface area contributed by atoms with Gasteiger partial charge in [-0.05, 0) is 31.0 Å². The lowest BCUT2D eigenvalue weighted by atomic mass is 10.0. The third kappa shape index (κ3) is 2.85. The molecule has 0 bridgehead atoms. The van der Waals surface area contributed by atoms with Gasteiger partial charge in [-0.3, -0.25) is 14.2 Å². The Hall–Kier alpha value is -3.47. The highest BCUT2D eigenvalue weighted by Gasteiger charge is 2.23. The van der Waals surface area contributed by atoms with Crippen LogP contribution < -0.4 is 0 Å². The Morgan fingerprint density at radius 3 is 2.21 bits per heavy atom. The summed E-state index contributed by atoms with van der Waals surface area (Å²) in [4.78, 5) is 25.6. The number of nitrogens with zero attached hydrogens (tertiary/aromatic N) is 3. The molecular formula is C23H21N3O2. The third-order valence-corrected chi connectivity index (χ3v) is 4.98. The average Bonchev–Trinajstić information content (AvgIpc) is 3.26. The van der Waals surface area contributed by atoms with E-state index >= 15 is 0 Å². The van der Waals surface area contributed by atoms with E-state index in [0.717, 1.165) is 22.2 Å². The lowest BCUT2D eigenvalue weighted by Gasteiger charge is -2.08. The van der Waals surface area contributed by atoms with E-state index in [1.54, 1.807) is 10.7 Å². The average molecular weight is 371 g/mol. The maximum atomic E-state index is 13.2. The lowest BCUT2D eigenvalue weighted by Crippen LogP contribution is -2.17. The number of carbonyl (C=O) groups is 2. The number of benzene rings is 2. The first-order valence-electron chi connectivity index (χ1n) is 9.31. The standard InChI is InChI=1S/C23H21N3O2/c1-4-25-23-20(15(2)24-25)14-21(26(23)16(3)27)22(28)19-12-10-18(11-13-19)17-8-6-5-7-9-17/h5-14H,4H2,1-3H3. The van der Waals surface area contributed by atoms with Crippen molar-refractivity contribution in [2.45, 2.75) is 27.3 Å². The van der Waals surface area contributed by atoms with Crippen molar-refractivity contribution < 1.29 is 9.59 Å². The van der Waals surface area contributed by atoms with E-state index in [2.05, 4.69) is 5.10 Å². The normalized spacial score (nSPS) is 11.1. The van der Waals surface area contributed by atoms with E-state index in [4.69, 9.17) is 0 Å². The molecule has 4 aromatic rings. The molecule has 5 heteroatoms. The third-order valence-electron chi connectivity index (χ3n) is 4.98. The second-order valence-electron chi connectivity index (χ2n) is 6.79. The SMILES string of the molecule is CCn1nc(C)c2cc(C(=O)c3ccc(-c4ccccc4)cc3)n(C(C)=O)c21. The van der Waals surface area contributed by atoms with Gasteiger partial charge in [-0.1, -0.05) is 54.6 Å². The van der Waals surface area contributed by atoms with Crippen LogP contribution in [-0.4, -0.2) is 26.0 Å². The predicted octanol–water partition coefficient (Wildman–Crippen LogP) is 4.72. The summed E-state index contributed by atoms with van der Waals surface area (Å²) in [6.07, 6.45) is 0. The maximum absolute atomic E-state index is 13.2. The van der Waals surface area contributed by atoms with Gasteiger partial charge in [-0.2, -0.15) is 5.10 Å². The first kappa shape index (κ1) is 17.9. The van der Waals surface area contributed by atoms with Crippen LogP contribution in [0.2, 0.25) is 0 Å². The summed E-state index contributed by atoms with van der Waals surface area (Å²) < 4.78 is 3.24. The van der Waals surface area contributed by atoms with Crippen molar-refractivity contribution in [1.29, 1.82) is 0 Å². The Bertz CT molecular complexity index is 1180. The maximum Gasteiger partial charge on any atom is 0.229 e. The summed E-state index contributed by atoms with van der Waals surface area (Å²) in [6.45, 7) is 5.95. The minimum Gasteiger partial charge on any atom is -0.287 e. The van der Waals surface area contributed by atoms with Gasteiger partial charge in [-0.15, -0.1) is 0 Å². The fourth-order valence-electron chi connectivity index (χ4n) is 3.60. The number of fused-ring (bicyclic) bond motifs is 1. The van der Waals surface area contributed by atoms with Gasteiger partial charge in [0.2, 0.25) is 11.7 Å². The van der Waals surface area contributed by atoms with Crippen molar-refractivity contribution in [3.05, 3.63) is 77.6 Å². The summed E-state index contributed by atoms with van der Waals surface area (Å²) in [6, 6.07) is 19.3. The molecule has 0 fully saturated rings. The van der Waals surface area contributed by atoms with Gasteiger partial charge >= 0.3 is 0 Å². The molecule has 0 aliphatic carbocycles. The summed E-state index contributed by atoms with van der Waals surface area (Å²) in [5, 5.41) is 5.30. The number of aryl methyl sites for hydroxylation is 2. The predicted molar refractivity (Wildman–Crippen MR) is 110 cm³/mol. The van der Waals surface area contributed by atoms with Crippen LogP contribution in [0, 0.1) is 6.92 Å². The highest BCUT2D eigenvalue weighted by atomic mass is 16.2. The van der Waals surface area contributed by atoms with Gasteiger partial charge in [0.05, 0.1) is 11.4 Å². The molecular weight excluding hydrogens is 350 g/mol. The van der Waals surface area contributed by atoms with Crippen molar-refractivity contribution in [2.24, 2.45) is 0 Å². The molecule has 0 radical (unpaired) electrons. The van der Waals surface area contributed by atoms with Crippen LogP contribution in [-0.2, 0) is 6.54 Å². The summed E-state index contributed by atoms with van der Waals surface area (Å²) in [7, 11) is 0. The monoisotopic (exact) mass is 371 g/mol. The van der Waals surface area contributed by atoms with Crippen molar-refractivity contribution in [2.75, 3.05) is 0 Å². The topological polar surface area (TPSA) is 56.9 Å². The molecule has 0 saturated heterocycles. The highest BCUT2D eigenvalue weighted by molar-refractivity contribution is 6.13. The number of hydrogen-bond donors (Lipinski definition) is 0. The largest absolute Gasteiger partial charge is 0.287 e. The zero-order chi connectivity index (χ0) is 19.8. The fourth-order valence-corrected chi connectivity index (χ4v) is 3.60. The molecule has 4 rings (SSSR count). The van der Waals surface area contributed by atoms with Crippen LogP contribution in [0.5, 0.6) is 0 Å². The fraction of sp³-hybridized carbons (Fsp3) is 0.174. The summed E-state index contributed by atoms with van der Waals surface area (Å²) in [5.41, 5.74) is 4.55. The van der Waals surface area contributed by atoms with Crippen molar-refractivity contribution in [1.82, 2.24) is 14.3 Å². The zero-order valence-electron chi connectivity index (χ0n) is 16.1. The van der Waals surface area contributed by atoms with E-state index in [-0.39, 0.29) is 11.7 Å². The second kappa shape index (κ2) is 6.93. The Morgan fingerprint density at radius 1 is 0.964 bits per heavy atom. The smallest absolute Gasteiger partial charge is 0.229 e. The molecule has 2 aromatic heterocycles. The van der Waals surface area contributed by atoms with Gasteiger partial charge in [0, 0.05) is 24.4 Å². The summed E-state index contributed by atoms with van der Waals surface area (Å²) in [5.74, 6) is -0.373. The van der Waals surface area contributed by atoms with Gasteiger partial charge in [-0.25, -0.2) is 4.68 Å². The van der Waals surface area contributed by atoms with E-state index in [1.165, 1.54) is 11.5 Å². The molecule has 28 heavy (non-hydrogen) atoms. The van der Waals surface area contributed by atoms with E-state index in [0.29, 0.717) is 23.4 Å². The number of aromatic nitrogens is 3. The minimum absolute atomic E-state index is 0.173. The number of hydrogen-bond acceptors (Lipinski definition) is 3. The first-order valence-corrected chi connectivity index (χ1v) is 9.31. The van der Waals surface area contributed by atoms with Crippen LogP contribution in [0.1, 0.15) is 40.4 Å². The Balaban J connectivity index is 1.79. The van der Waals surface area contributed by atoms with Crippen molar-refractivity contribution in [3.63, 3.8) is 0 Å². The van der Waals surface area contributed by atoms with Crippen LogP contribution in [0.15, 0.2) is 60.7 Å². The van der Waals surface area contributed by atoms with Crippen LogP contribution in [0.4, 0.5) is 0 Å². The van der Waals surface area contributed by atoms with Crippen molar-refractivity contribution in [3.8, 4) is 11.1 Å². The molecule has 0 aliphatic heterocycles.